The van der Waals surface area contributed by atoms with Gasteiger partial charge in [-0.1, -0.05) is 36.4 Å². The third-order valence-corrected chi connectivity index (χ3v) is 3.19. The van der Waals surface area contributed by atoms with Crippen molar-refractivity contribution < 1.29 is 18.0 Å². The summed E-state index contributed by atoms with van der Waals surface area (Å²) in [4.78, 5) is 11.2. The average Bonchev–Trinajstić information content (AvgIpc) is 2.45. The van der Waals surface area contributed by atoms with Crippen molar-refractivity contribution in [3.05, 3.63) is 64.7 Å². The normalized spacial score (nSPS) is 11.7. The first-order valence-corrected chi connectivity index (χ1v) is 6.99. The summed E-state index contributed by atoms with van der Waals surface area (Å²) in [6, 6.07) is 10.6. The maximum Gasteiger partial charge on any atom is 0.416 e. The summed E-state index contributed by atoms with van der Waals surface area (Å²) in [7, 11) is 0. The van der Waals surface area contributed by atoms with Crippen LogP contribution < -0.4 is 5.32 Å². The Labute approximate surface area is 132 Å². The molecular weight excluding hydrogens is 303 g/mol. The lowest BCUT2D eigenvalue weighted by Gasteiger charge is -2.09. The summed E-state index contributed by atoms with van der Waals surface area (Å²) in [5, 5.41) is 2.72. The Balaban J connectivity index is 2.32. The highest BCUT2D eigenvalue weighted by molar-refractivity contribution is 5.92. The fourth-order valence-corrected chi connectivity index (χ4v) is 2.12. The Morgan fingerprint density at radius 3 is 2.48 bits per heavy atom. The summed E-state index contributed by atoms with van der Waals surface area (Å²) in [6.45, 7) is 3.30. The highest BCUT2D eigenvalue weighted by Gasteiger charge is 2.30. The number of hydrogen-bond donors (Lipinski definition) is 1. The molecule has 0 radical (unpaired) electrons. The lowest BCUT2D eigenvalue weighted by molar-refractivity contribution is -0.137. The molecule has 2 rings (SSSR count). The van der Waals surface area contributed by atoms with Crippen LogP contribution in [-0.2, 0) is 11.0 Å². The summed E-state index contributed by atoms with van der Waals surface area (Å²) < 4.78 is 38.1. The van der Waals surface area contributed by atoms with Gasteiger partial charge in [-0.3, -0.25) is 4.79 Å². The van der Waals surface area contributed by atoms with Crippen molar-refractivity contribution in [2.75, 3.05) is 5.32 Å². The van der Waals surface area contributed by atoms with Gasteiger partial charge in [0.05, 0.1) is 5.56 Å². The fraction of sp³-hybridized carbons (Fsp3) is 0.167. The topological polar surface area (TPSA) is 29.1 Å². The van der Waals surface area contributed by atoms with Crippen LogP contribution in [0.5, 0.6) is 0 Å². The molecule has 0 heterocycles. The van der Waals surface area contributed by atoms with Gasteiger partial charge in [-0.2, -0.15) is 13.2 Å². The number of alkyl halides is 3. The molecule has 0 spiro atoms. The van der Waals surface area contributed by atoms with E-state index in [1.807, 2.05) is 25.1 Å². The van der Waals surface area contributed by atoms with E-state index in [-0.39, 0.29) is 5.91 Å². The molecule has 0 unspecified atom stereocenters. The smallest absolute Gasteiger partial charge is 0.326 e. The number of nitrogens with one attached hydrogen (secondary N) is 1. The zero-order valence-electron chi connectivity index (χ0n) is 12.7. The van der Waals surface area contributed by atoms with Gasteiger partial charge in [-0.15, -0.1) is 0 Å². The van der Waals surface area contributed by atoms with Crippen molar-refractivity contribution in [1.29, 1.82) is 0 Å². The molecule has 0 atom stereocenters. The Bertz CT molecular complexity index is 748. The molecule has 120 valence electrons. The monoisotopic (exact) mass is 319 g/mol. The first-order valence-electron chi connectivity index (χ1n) is 6.99. The van der Waals surface area contributed by atoms with E-state index < -0.39 is 11.7 Å². The largest absolute Gasteiger partial charge is 0.416 e. The third kappa shape index (κ3) is 4.71. The Hall–Kier alpha value is -2.56. The molecule has 1 N–H and O–H groups in total. The van der Waals surface area contributed by atoms with Crippen molar-refractivity contribution >= 4 is 23.7 Å². The summed E-state index contributed by atoms with van der Waals surface area (Å²) in [6.07, 6.45) is -1.10. The van der Waals surface area contributed by atoms with Crippen molar-refractivity contribution in [3.8, 4) is 0 Å². The number of benzene rings is 2. The Kier molecular flexibility index (Phi) is 4.89. The van der Waals surface area contributed by atoms with Crippen LogP contribution in [0.4, 0.5) is 18.9 Å². The Morgan fingerprint density at radius 1 is 1.09 bits per heavy atom. The number of carbonyl (C=O) groups excluding carboxylic acids is 1. The fourth-order valence-electron chi connectivity index (χ4n) is 2.12. The molecular formula is C18H16F3NO. The van der Waals surface area contributed by atoms with Crippen LogP contribution in [0.3, 0.4) is 0 Å². The van der Waals surface area contributed by atoms with E-state index in [0.717, 1.165) is 23.3 Å². The zero-order chi connectivity index (χ0) is 17.0. The molecule has 0 aliphatic heterocycles. The van der Waals surface area contributed by atoms with E-state index in [1.165, 1.54) is 13.0 Å². The number of halogens is 3. The molecule has 0 saturated carbocycles. The third-order valence-electron chi connectivity index (χ3n) is 3.19. The molecule has 2 nitrogen and oxygen atoms in total. The maximum atomic E-state index is 12.7. The van der Waals surface area contributed by atoms with Crippen molar-refractivity contribution in [2.24, 2.45) is 0 Å². The maximum absolute atomic E-state index is 12.7. The van der Waals surface area contributed by atoms with Crippen LogP contribution >= 0.6 is 0 Å². The molecule has 0 aromatic heterocycles. The lowest BCUT2D eigenvalue weighted by Crippen LogP contribution is -2.07. The second-order valence-corrected chi connectivity index (χ2v) is 5.23. The first kappa shape index (κ1) is 16.8. The summed E-state index contributed by atoms with van der Waals surface area (Å²) in [5.74, 6) is -0.204. The minimum Gasteiger partial charge on any atom is -0.326 e. The van der Waals surface area contributed by atoms with E-state index in [1.54, 1.807) is 18.2 Å². The van der Waals surface area contributed by atoms with Gasteiger partial charge in [-0.05, 0) is 41.8 Å². The number of aryl methyl sites for hydroxylation is 1. The van der Waals surface area contributed by atoms with Gasteiger partial charge in [0.1, 0.15) is 0 Å². The van der Waals surface area contributed by atoms with Crippen molar-refractivity contribution in [2.45, 2.75) is 20.0 Å². The van der Waals surface area contributed by atoms with Crippen LogP contribution in [-0.4, -0.2) is 5.91 Å². The Morgan fingerprint density at radius 2 is 1.83 bits per heavy atom. The van der Waals surface area contributed by atoms with Crippen LogP contribution in [0.15, 0.2) is 42.5 Å². The molecule has 5 heteroatoms. The van der Waals surface area contributed by atoms with Gasteiger partial charge in [-0.25, -0.2) is 0 Å². The van der Waals surface area contributed by atoms with Crippen molar-refractivity contribution in [1.82, 2.24) is 0 Å². The molecule has 0 aliphatic carbocycles. The number of hydrogen-bond acceptors (Lipinski definition) is 1. The summed E-state index contributed by atoms with van der Waals surface area (Å²) >= 11 is 0. The molecule has 0 bridgehead atoms. The second-order valence-electron chi connectivity index (χ2n) is 5.23. The van der Waals surface area contributed by atoms with E-state index in [2.05, 4.69) is 5.32 Å². The zero-order valence-corrected chi connectivity index (χ0v) is 12.7. The van der Waals surface area contributed by atoms with Crippen LogP contribution in [0.1, 0.15) is 29.2 Å². The van der Waals surface area contributed by atoms with E-state index in [4.69, 9.17) is 0 Å². The number of rotatable bonds is 3. The molecule has 23 heavy (non-hydrogen) atoms. The highest BCUT2D eigenvalue weighted by atomic mass is 19.4. The lowest BCUT2D eigenvalue weighted by atomic mass is 10.1. The minimum absolute atomic E-state index is 0.204. The summed E-state index contributed by atoms with van der Waals surface area (Å²) in [5.41, 5.74) is 2.08. The standard InChI is InChI=1S/C18H16F3NO/c1-12-6-8-15(17(10-12)22-13(2)23)9-7-14-4-3-5-16(11-14)18(19,20)21/h3-11H,1-2H3,(H,22,23)/b9-7+. The predicted molar refractivity (Wildman–Crippen MR) is 85.9 cm³/mol. The van der Waals surface area contributed by atoms with Gasteiger partial charge in [0.15, 0.2) is 0 Å². The van der Waals surface area contributed by atoms with Gasteiger partial charge in [0, 0.05) is 12.6 Å². The number of carbonyl (C=O) groups is 1. The molecule has 2 aromatic carbocycles. The predicted octanol–water partition coefficient (Wildman–Crippen LogP) is 5.14. The number of amides is 1. The van der Waals surface area contributed by atoms with Crippen LogP contribution in [0.25, 0.3) is 12.2 Å². The quantitative estimate of drug-likeness (QED) is 0.780. The number of anilines is 1. The van der Waals surface area contributed by atoms with Gasteiger partial charge in [0.2, 0.25) is 5.91 Å². The van der Waals surface area contributed by atoms with Gasteiger partial charge < -0.3 is 5.32 Å². The minimum atomic E-state index is -4.37. The first-order chi connectivity index (χ1) is 10.8. The highest BCUT2D eigenvalue weighted by Crippen LogP contribution is 2.30. The van der Waals surface area contributed by atoms with Crippen LogP contribution in [0, 0.1) is 6.92 Å². The molecule has 2 aromatic rings. The van der Waals surface area contributed by atoms with E-state index in [9.17, 15) is 18.0 Å². The molecule has 0 saturated heterocycles. The molecule has 0 aliphatic rings. The van der Waals surface area contributed by atoms with Crippen molar-refractivity contribution in [3.63, 3.8) is 0 Å². The molecule has 0 fully saturated rings. The van der Waals surface area contributed by atoms with Gasteiger partial charge >= 0.3 is 6.18 Å². The second kappa shape index (κ2) is 6.69. The SMILES string of the molecule is CC(=O)Nc1cc(C)ccc1/C=C/c1cccc(C(F)(F)F)c1. The molecule has 1 amide bonds. The average molecular weight is 319 g/mol. The van der Waals surface area contributed by atoms with E-state index in [0.29, 0.717) is 11.3 Å². The van der Waals surface area contributed by atoms with E-state index >= 15 is 0 Å². The van der Waals surface area contributed by atoms with Gasteiger partial charge in [0.25, 0.3) is 0 Å². The van der Waals surface area contributed by atoms with Crippen LogP contribution in [0.2, 0.25) is 0 Å².